The van der Waals surface area contributed by atoms with Gasteiger partial charge in [-0.05, 0) is 104 Å². The van der Waals surface area contributed by atoms with Crippen LogP contribution >= 0.6 is 0 Å². The highest BCUT2D eigenvalue weighted by molar-refractivity contribution is 5.99. The molecule has 0 aromatic heterocycles. The van der Waals surface area contributed by atoms with E-state index in [9.17, 15) is 92.7 Å². The maximum Gasteiger partial charge on any atom is 0.326 e. The summed E-state index contributed by atoms with van der Waals surface area (Å²) < 4.78 is 5.72. The van der Waals surface area contributed by atoms with Crippen LogP contribution in [0.25, 0.3) is 0 Å². The standard InChI is InChI=1S/C54H94N18O20/c1-6-25(2)40(71-51(89)41(28(5)73)72-47(85)30(11-7-8-20-55)65-42(80)26(3)56)50(88)64-29-14-17-36(92-24-29)49(87)70-35(23-39(78)79)48(86)68-33(16-19-38(76)77)46(84)67-32(15-18-37(74)75)44(82)63-27(4)43(81)66-31(12-9-21-61-53(57)58)45(83)69-34(52(90)91)13-10-22-62-54(59)60/h25-36,40-41,73H,6-24,55-56H2,1-5H3,(H,63,82)(H,64,88)(H,65,80)(H,66,81)(H,67,84)(H,68,86)(H,69,83)(H,70,87)(H,71,89)(H,72,85)(H,74,75)(H,76,77)(H,78,79)(H,90,91)(H4,57,58,61)(H4,59,60,62)/t25-,26-,27-,28+,29-,30-,31-,32-,33-,34-,35-,36-,40-,41-/m0/s1. The third-order valence-electron chi connectivity index (χ3n) is 14.2. The molecule has 14 atom stereocenters. The maximum absolute atomic E-state index is 13.9. The van der Waals surface area contributed by atoms with Gasteiger partial charge in [0.05, 0.1) is 31.2 Å². The molecule has 0 spiro atoms. The van der Waals surface area contributed by atoms with Crippen molar-refractivity contribution in [3.05, 3.63) is 0 Å². The van der Waals surface area contributed by atoms with Crippen molar-refractivity contribution in [2.75, 3.05) is 26.2 Å². The highest BCUT2D eigenvalue weighted by Crippen LogP contribution is 2.17. The number of carbonyl (C=O) groups is 14. The summed E-state index contributed by atoms with van der Waals surface area (Å²) in [6.07, 6.45) is -5.76. The van der Waals surface area contributed by atoms with Crippen LogP contribution in [0.3, 0.4) is 0 Å². The first-order chi connectivity index (χ1) is 43.1. The van der Waals surface area contributed by atoms with Gasteiger partial charge in [0.25, 0.3) is 0 Å². The van der Waals surface area contributed by atoms with Gasteiger partial charge in [0, 0.05) is 25.9 Å². The molecule has 0 radical (unpaired) electrons. The molecular formula is C54H94N18O20. The molecule has 0 bridgehead atoms. The van der Waals surface area contributed by atoms with Crippen LogP contribution in [-0.2, 0) is 71.9 Å². The molecule has 0 aromatic carbocycles. The van der Waals surface area contributed by atoms with Crippen LogP contribution in [0.4, 0.5) is 0 Å². The van der Waals surface area contributed by atoms with Gasteiger partial charge in [0.15, 0.2) is 11.9 Å². The van der Waals surface area contributed by atoms with Crippen LogP contribution in [0, 0.1) is 5.92 Å². The molecule has 1 rings (SSSR count). The van der Waals surface area contributed by atoms with Crippen LogP contribution in [0.5, 0.6) is 0 Å². The number of ether oxygens (including phenoxy) is 1. The smallest absolute Gasteiger partial charge is 0.326 e. The van der Waals surface area contributed by atoms with Crippen LogP contribution in [-0.4, -0.2) is 225 Å². The van der Waals surface area contributed by atoms with Crippen LogP contribution in [0.1, 0.15) is 131 Å². The van der Waals surface area contributed by atoms with E-state index >= 15 is 0 Å². The summed E-state index contributed by atoms with van der Waals surface area (Å²) in [5.41, 5.74) is 32.7. The molecule has 38 heteroatoms. The van der Waals surface area contributed by atoms with Crippen LogP contribution in [0.2, 0.25) is 0 Å². The average Bonchev–Trinajstić information content (AvgIpc) is 1.00. The number of carboxylic acids is 4. The number of hydrogen-bond donors (Lipinski definition) is 21. The van der Waals surface area contributed by atoms with Crippen molar-refractivity contribution in [1.29, 1.82) is 0 Å². The van der Waals surface area contributed by atoms with Gasteiger partial charge in [-0.25, -0.2) is 4.79 Å². The van der Waals surface area contributed by atoms with Gasteiger partial charge in [0.2, 0.25) is 59.1 Å². The lowest BCUT2D eigenvalue weighted by Crippen LogP contribution is -2.62. The Kier molecular flexibility index (Phi) is 37.1. The number of nitrogens with one attached hydrogen (secondary N) is 10. The fourth-order valence-corrected chi connectivity index (χ4v) is 8.78. The maximum atomic E-state index is 13.9. The minimum Gasteiger partial charge on any atom is -0.481 e. The Hall–Kier alpha value is -9.04. The predicted octanol–water partition coefficient (Wildman–Crippen LogP) is -7.67. The second-order valence-electron chi connectivity index (χ2n) is 22.1. The first kappa shape index (κ1) is 81.0. The van der Waals surface area contributed by atoms with Gasteiger partial charge in [-0.15, -0.1) is 0 Å². The number of amides is 10. The summed E-state index contributed by atoms with van der Waals surface area (Å²) in [5.74, 6) is -17.1. The fourth-order valence-electron chi connectivity index (χ4n) is 8.78. The zero-order valence-corrected chi connectivity index (χ0v) is 52.2. The summed E-state index contributed by atoms with van der Waals surface area (Å²) in [7, 11) is 0. The van der Waals surface area contributed by atoms with Gasteiger partial charge in [-0.3, -0.25) is 72.3 Å². The summed E-state index contributed by atoms with van der Waals surface area (Å²) in [4.78, 5) is 191. The SMILES string of the molecule is CC[C@H](C)[C@H](NC(=O)[C@@H](NC(=O)[C@H](CCCCN)NC(=O)[C@H](C)N)[C@@H](C)O)C(=O)N[C@H]1CC[C@@H](C(=O)N[C@@H](CC(=O)O)C(=O)N[C@@H](CCC(=O)O)C(=O)N[C@@H](CCC(=O)O)C(=O)N[C@@H](C)C(=O)N[C@@H](CCCN=C(N)N)C(=O)N[C@@H](CCCN=C(N)N)C(=O)O)OC1. The molecule has 27 N–H and O–H groups in total. The first-order valence-corrected chi connectivity index (χ1v) is 29.9. The van der Waals surface area contributed by atoms with Crippen molar-refractivity contribution < 1.29 is 97.4 Å². The lowest BCUT2D eigenvalue weighted by Gasteiger charge is -2.32. The zero-order valence-electron chi connectivity index (χ0n) is 52.2. The Balaban J connectivity index is 3.28. The van der Waals surface area contributed by atoms with E-state index in [0.29, 0.717) is 25.8 Å². The van der Waals surface area contributed by atoms with Gasteiger partial charge in [-0.1, -0.05) is 20.3 Å². The number of aliphatic carboxylic acids is 4. The summed E-state index contributed by atoms with van der Waals surface area (Å²) in [6.45, 7) is 7.15. The van der Waals surface area contributed by atoms with E-state index < -0.39 is 200 Å². The number of carboxylic acid groups (broad SMARTS) is 4. The molecule has 1 aliphatic heterocycles. The van der Waals surface area contributed by atoms with Gasteiger partial charge < -0.3 is 118 Å². The Labute approximate surface area is 530 Å². The molecule has 10 amide bonds. The molecule has 1 heterocycles. The predicted molar refractivity (Wildman–Crippen MR) is 325 cm³/mol. The van der Waals surface area contributed by atoms with Crippen molar-refractivity contribution in [1.82, 2.24) is 53.2 Å². The zero-order chi connectivity index (χ0) is 69.9. The first-order valence-electron chi connectivity index (χ1n) is 29.9. The third kappa shape index (κ3) is 31.6. The fraction of sp³-hybridized carbons (Fsp3) is 0.704. The molecule has 1 fully saturated rings. The van der Waals surface area contributed by atoms with Crippen molar-refractivity contribution in [3.8, 4) is 0 Å². The van der Waals surface area contributed by atoms with Gasteiger partial charge in [0.1, 0.15) is 60.5 Å². The van der Waals surface area contributed by atoms with E-state index in [-0.39, 0.29) is 76.6 Å². The summed E-state index contributed by atoms with van der Waals surface area (Å²) in [5, 5.41) is 73.1. The number of unbranched alkanes of at least 4 members (excludes halogenated alkanes) is 1. The lowest BCUT2D eigenvalue weighted by molar-refractivity contribution is -0.144. The number of guanidine groups is 2. The molecule has 520 valence electrons. The molecule has 92 heavy (non-hydrogen) atoms. The average molecular weight is 1320 g/mol. The highest BCUT2D eigenvalue weighted by atomic mass is 16.5. The number of nitrogens with two attached hydrogens (primary N) is 6. The topological polar surface area (TPSA) is 650 Å². The molecule has 0 aliphatic carbocycles. The monoisotopic (exact) mass is 1310 g/mol. The number of rotatable bonds is 44. The number of hydrogen-bond acceptors (Lipinski definition) is 20. The second-order valence-corrected chi connectivity index (χ2v) is 22.1. The summed E-state index contributed by atoms with van der Waals surface area (Å²) >= 11 is 0. The number of aliphatic imine (C=N–C) groups is 2. The molecule has 1 aliphatic rings. The number of carbonyl (C=O) groups excluding carboxylic acids is 10. The molecule has 0 unspecified atom stereocenters. The lowest BCUT2D eigenvalue weighted by atomic mass is 9.96. The molecule has 38 nitrogen and oxygen atoms in total. The van der Waals surface area contributed by atoms with E-state index in [1.807, 2.05) is 0 Å². The van der Waals surface area contributed by atoms with E-state index in [2.05, 4.69) is 63.2 Å². The number of aliphatic hydroxyl groups excluding tert-OH is 1. The van der Waals surface area contributed by atoms with E-state index in [0.717, 1.165) is 6.92 Å². The van der Waals surface area contributed by atoms with Crippen molar-refractivity contribution in [3.63, 3.8) is 0 Å². The van der Waals surface area contributed by atoms with E-state index in [1.165, 1.54) is 13.8 Å². The Morgan fingerprint density at radius 3 is 1.39 bits per heavy atom. The Bertz CT molecular complexity index is 2590. The minimum atomic E-state index is -1.97. The van der Waals surface area contributed by atoms with Gasteiger partial charge in [-0.2, -0.15) is 0 Å². The van der Waals surface area contributed by atoms with E-state index in [1.54, 1.807) is 13.8 Å². The van der Waals surface area contributed by atoms with Crippen molar-refractivity contribution >= 4 is 94.9 Å². The van der Waals surface area contributed by atoms with Crippen LogP contribution in [0.15, 0.2) is 9.98 Å². The van der Waals surface area contributed by atoms with Crippen molar-refractivity contribution in [2.24, 2.45) is 50.3 Å². The quantitative estimate of drug-likeness (QED) is 0.0153. The molecule has 0 aromatic rings. The molecular weight excluding hydrogens is 1220 g/mol. The Morgan fingerprint density at radius 1 is 0.500 bits per heavy atom. The molecule has 1 saturated heterocycles. The third-order valence-corrected chi connectivity index (χ3v) is 14.2. The number of nitrogens with zero attached hydrogens (tertiary/aromatic N) is 2. The van der Waals surface area contributed by atoms with Crippen molar-refractivity contribution in [2.45, 2.75) is 210 Å². The Morgan fingerprint density at radius 2 is 0.946 bits per heavy atom. The summed E-state index contributed by atoms with van der Waals surface area (Å²) in [6, 6.07) is -16.0. The minimum absolute atomic E-state index is 0.0276. The largest absolute Gasteiger partial charge is 0.481 e. The second kappa shape index (κ2) is 42.1. The van der Waals surface area contributed by atoms with Gasteiger partial charge >= 0.3 is 23.9 Å². The van der Waals surface area contributed by atoms with E-state index in [4.69, 9.17) is 39.1 Å². The number of aliphatic hydroxyl groups is 1. The highest BCUT2D eigenvalue weighted by Gasteiger charge is 2.38. The van der Waals surface area contributed by atoms with Crippen LogP contribution < -0.4 is 87.6 Å². The normalized spacial score (nSPS) is 17.4. The molecule has 0 saturated carbocycles.